The van der Waals surface area contributed by atoms with Crippen LogP contribution in [-0.2, 0) is 31.0 Å². The molecule has 0 aliphatic carbocycles. The van der Waals surface area contributed by atoms with Crippen LogP contribution in [0.1, 0.15) is 37.8 Å². The molecule has 7 nitrogen and oxygen atoms in total. The normalized spacial score (nSPS) is 13.1. The third-order valence-corrected chi connectivity index (χ3v) is 6.80. The summed E-state index contributed by atoms with van der Waals surface area (Å²) in [5.41, 5.74) is 2.66. The molecular formula is C23H30NO6P. The van der Waals surface area contributed by atoms with Gasteiger partial charge in [0.2, 0.25) is 5.91 Å². The monoisotopic (exact) mass is 447 g/mol. The van der Waals surface area contributed by atoms with Gasteiger partial charge in [-0.05, 0) is 62.1 Å². The summed E-state index contributed by atoms with van der Waals surface area (Å²) in [5, 5.41) is 2.90. The van der Waals surface area contributed by atoms with Crippen LogP contribution in [0, 0.1) is 0 Å². The topological polar surface area (TPSA) is 83.1 Å². The molecule has 31 heavy (non-hydrogen) atoms. The lowest BCUT2D eigenvalue weighted by Gasteiger charge is -2.18. The summed E-state index contributed by atoms with van der Waals surface area (Å²) in [7, 11) is -3.14. The van der Waals surface area contributed by atoms with Crippen LogP contribution in [0.4, 0.5) is 5.69 Å². The maximum Gasteiger partial charge on any atom is 0.335 e. The first kappa shape index (κ1) is 23.3. The van der Waals surface area contributed by atoms with E-state index in [4.69, 9.17) is 18.5 Å². The highest BCUT2D eigenvalue weighted by atomic mass is 31.2. The highest BCUT2D eigenvalue weighted by molar-refractivity contribution is 7.53. The van der Waals surface area contributed by atoms with Gasteiger partial charge < -0.3 is 23.8 Å². The SMILES string of the molecule is CCOP(=O)(Cc1ccc(NC(=O)CCCc2ccc3c(c2)OCCO3)cc1)OCC. The molecule has 0 fully saturated rings. The standard InChI is InChI=1S/C23H30NO6P/c1-3-29-31(26,30-4-2)17-19-8-11-20(12-9-19)24-23(25)7-5-6-18-10-13-21-22(16-18)28-15-14-27-21/h8-13,16H,3-7,14-15,17H2,1-2H3,(H,24,25). The van der Waals surface area contributed by atoms with Crippen LogP contribution in [0.5, 0.6) is 11.5 Å². The van der Waals surface area contributed by atoms with Crippen LogP contribution >= 0.6 is 7.60 Å². The fourth-order valence-corrected chi connectivity index (χ4v) is 5.06. The molecule has 0 saturated heterocycles. The average molecular weight is 447 g/mol. The Hall–Kier alpha value is -2.34. The van der Waals surface area contributed by atoms with E-state index in [0.717, 1.165) is 35.5 Å². The van der Waals surface area contributed by atoms with E-state index in [0.29, 0.717) is 38.5 Å². The van der Waals surface area contributed by atoms with Crippen molar-refractivity contribution < 1.29 is 27.9 Å². The van der Waals surface area contributed by atoms with E-state index in [9.17, 15) is 9.36 Å². The summed E-state index contributed by atoms with van der Waals surface area (Å²) in [6, 6.07) is 13.2. The van der Waals surface area contributed by atoms with Crippen LogP contribution in [0.25, 0.3) is 0 Å². The van der Waals surface area contributed by atoms with Gasteiger partial charge >= 0.3 is 7.60 Å². The third kappa shape index (κ3) is 7.10. The molecule has 1 aliphatic heterocycles. The van der Waals surface area contributed by atoms with Gasteiger partial charge in [-0.3, -0.25) is 9.36 Å². The largest absolute Gasteiger partial charge is 0.486 e. The zero-order valence-corrected chi connectivity index (χ0v) is 19.0. The molecule has 0 saturated carbocycles. The Labute approximate surface area is 183 Å². The van der Waals surface area contributed by atoms with Crippen molar-refractivity contribution in [2.45, 2.75) is 39.3 Å². The second kappa shape index (κ2) is 11.3. The van der Waals surface area contributed by atoms with Crippen LogP contribution in [0.15, 0.2) is 42.5 Å². The Balaban J connectivity index is 1.45. The van der Waals surface area contributed by atoms with E-state index in [1.807, 2.05) is 30.3 Å². The fraction of sp³-hybridized carbons (Fsp3) is 0.435. The second-order valence-electron chi connectivity index (χ2n) is 7.18. The summed E-state index contributed by atoms with van der Waals surface area (Å²) in [5.74, 6) is 1.50. The molecule has 168 valence electrons. The van der Waals surface area contributed by atoms with Crippen LogP contribution in [0.2, 0.25) is 0 Å². The Bertz CT molecular complexity index is 905. The smallest absolute Gasteiger partial charge is 0.335 e. The number of fused-ring (bicyclic) bond motifs is 1. The number of nitrogens with one attached hydrogen (secondary N) is 1. The summed E-state index contributed by atoms with van der Waals surface area (Å²) in [4.78, 5) is 12.3. The molecule has 1 N–H and O–H groups in total. The van der Waals surface area contributed by atoms with E-state index in [1.54, 1.807) is 26.0 Å². The summed E-state index contributed by atoms with van der Waals surface area (Å²) in [6.45, 7) is 5.38. The minimum atomic E-state index is -3.14. The molecule has 2 aromatic carbocycles. The van der Waals surface area contributed by atoms with Crippen LogP contribution < -0.4 is 14.8 Å². The number of benzene rings is 2. The van der Waals surface area contributed by atoms with Gasteiger partial charge in [0.05, 0.1) is 19.4 Å². The van der Waals surface area contributed by atoms with Crippen LogP contribution in [-0.4, -0.2) is 32.3 Å². The first-order valence-corrected chi connectivity index (χ1v) is 12.4. The summed E-state index contributed by atoms with van der Waals surface area (Å²) >= 11 is 0. The van der Waals surface area contributed by atoms with Gasteiger partial charge in [0.25, 0.3) is 0 Å². The molecule has 0 aromatic heterocycles. The van der Waals surface area contributed by atoms with Gasteiger partial charge in [-0.25, -0.2) is 0 Å². The minimum Gasteiger partial charge on any atom is -0.486 e. The van der Waals surface area contributed by atoms with Crippen molar-refractivity contribution in [1.82, 2.24) is 0 Å². The Morgan fingerprint density at radius 3 is 2.29 bits per heavy atom. The molecule has 1 amide bonds. The molecule has 2 aromatic rings. The molecule has 8 heteroatoms. The fourth-order valence-electron chi connectivity index (χ4n) is 3.36. The van der Waals surface area contributed by atoms with Gasteiger partial charge in [0, 0.05) is 12.1 Å². The van der Waals surface area contributed by atoms with Crippen molar-refractivity contribution in [3.05, 3.63) is 53.6 Å². The number of carbonyl (C=O) groups is 1. The number of anilines is 1. The number of ether oxygens (including phenoxy) is 2. The lowest BCUT2D eigenvalue weighted by molar-refractivity contribution is -0.116. The quantitative estimate of drug-likeness (QED) is 0.478. The third-order valence-electron chi connectivity index (χ3n) is 4.74. The van der Waals surface area contributed by atoms with Gasteiger partial charge in [-0.15, -0.1) is 0 Å². The van der Waals surface area contributed by atoms with E-state index < -0.39 is 7.60 Å². The first-order valence-electron chi connectivity index (χ1n) is 10.7. The number of carbonyl (C=O) groups excluding carboxylic acids is 1. The zero-order valence-electron chi connectivity index (χ0n) is 18.1. The molecule has 3 rings (SSSR count). The summed E-state index contributed by atoms with van der Waals surface area (Å²) < 4.78 is 34.4. The number of hydrogen-bond donors (Lipinski definition) is 1. The minimum absolute atomic E-state index is 0.0420. The van der Waals surface area contributed by atoms with Gasteiger partial charge in [0.15, 0.2) is 11.5 Å². The van der Waals surface area contributed by atoms with Crippen molar-refractivity contribution >= 4 is 19.2 Å². The van der Waals surface area contributed by atoms with Crippen molar-refractivity contribution in [1.29, 1.82) is 0 Å². The van der Waals surface area contributed by atoms with Gasteiger partial charge in [-0.1, -0.05) is 18.2 Å². The van der Waals surface area contributed by atoms with E-state index in [1.165, 1.54) is 0 Å². The maximum atomic E-state index is 12.6. The Kier molecular flexibility index (Phi) is 8.52. The van der Waals surface area contributed by atoms with E-state index in [2.05, 4.69) is 5.32 Å². The van der Waals surface area contributed by atoms with E-state index in [-0.39, 0.29) is 12.1 Å². The van der Waals surface area contributed by atoms with Crippen molar-refractivity contribution in [3.8, 4) is 11.5 Å². The molecule has 0 bridgehead atoms. The molecule has 1 aliphatic rings. The lowest BCUT2D eigenvalue weighted by atomic mass is 10.1. The summed E-state index contributed by atoms with van der Waals surface area (Å²) in [6.07, 6.45) is 2.14. The number of rotatable bonds is 11. The molecule has 0 unspecified atom stereocenters. The molecular weight excluding hydrogens is 417 g/mol. The average Bonchev–Trinajstić information content (AvgIpc) is 2.75. The number of hydrogen-bond acceptors (Lipinski definition) is 6. The van der Waals surface area contributed by atoms with Crippen molar-refractivity contribution in [2.75, 3.05) is 31.7 Å². The van der Waals surface area contributed by atoms with Crippen LogP contribution in [0.3, 0.4) is 0 Å². The Morgan fingerprint density at radius 2 is 1.61 bits per heavy atom. The Morgan fingerprint density at radius 1 is 0.968 bits per heavy atom. The predicted octanol–water partition coefficient (Wildman–Crippen LogP) is 5.19. The van der Waals surface area contributed by atoms with Gasteiger partial charge in [-0.2, -0.15) is 0 Å². The molecule has 0 radical (unpaired) electrons. The van der Waals surface area contributed by atoms with E-state index >= 15 is 0 Å². The zero-order chi connectivity index (χ0) is 22.1. The highest BCUT2D eigenvalue weighted by Gasteiger charge is 2.23. The van der Waals surface area contributed by atoms with Gasteiger partial charge in [0.1, 0.15) is 13.2 Å². The first-order chi connectivity index (χ1) is 15.0. The molecule has 0 spiro atoms. The maximum absolute atomic E-state index is 12.6. The predicted molar refractivity (Wildman–Crippen MR) is 120 cm³/mol. The van der Waals surface area contributed by atoms with Crippen molar-refractivity contribution in [2.24, 2.45) is 0 Å². The number of amides is 1. The number of aryl methyl sites for hydroxylation is 1. The lowest BCUT2D eigenvalue weighted by Crippen LogP contribution is -2.15. The second-order valence-corrected chi connectivity index (χ2v) is 9.24. The molecule has 1 heterocycles. The van der Waals surface area contributed by atoms with Crippen molar-refractivity contribution in [3.63, 3.8) is 0 Å². The molecule has 0 atom stereocenters. The highest BCUT2D eigenvalue weighted by Crippen LogP contribution is 2.51.